The predicted molar refractivity (Wildman–Crippen MR) is 99.3 cm³/mol. The summed E-state index contributed by atoms with van der Waals surface area (Å²) >= 11 is 0. The van der Waals surface area contributed by atoms with Crippen molar-refractivity contribution in [1.29, 1.82) is 0 Å². The van der Waals surface area contributed by atoms with Crippen molar-refractivity contribution in [2.24, 2.45) is 0 Å². The minimum atomic E-state index is -0.821. The second kappa shape index (κ2) is 8.93. The summed E-state index contributed by atoms with van der Waals surface area (Å²) in [6, 6.07) is 6.74. The van der Waals surface area contributed by atoms with E-state index < -0.39 is 6.10 Å². The monoisotopic (exact) mass is 363 g/mol. The van der Waals surface area contributed by atoms with Crippen LogP contribution < -0.4 is 0 Å². The Morgan fingerprint density at radius 2 is 1.85 bits per heavy atom. The van der Waals surface area contributed by atoms with E-state index in [2.05, 4.69) is 16.7 Å². The Balaban J connectivity index is 1.44. The fraction of sp³-hybridized carbons (Fsp3) is 0.650. The molecule has 2 saturated heterocycles. The number of piperazine rings is 1. The number of piperidine rings is 1. The molecule has 1 N–H and O–H groups in total. The molecular formula is C20H30FN3O2. The zero-order valence-electron chi connectivity index (χ0n) is 15.6. The van der Waals surface area contributed by atoms with Gasteiger partial charge in [-0.25, -0.2) is 4.39 Å². The molecule has 1 amide bonds. The van der Waals surface area contributed by atoms with Gasteiger partial charge in [-0.2, -0.15) is 0 Å². The summed E-state index contributed by atoms with van der Waals surface area (Å²) in [5.41, 5.74) is 0.351. The van der Waals surface area contributed by atoms with E-state index in [-0.39, 0.29) is 11.7 Å². The quantitative estimate of drug-likeness (QED) is 0.868. The third kappa shape index (κ3) is 4.81. The van der Waals surface area contributed by atoms with Crippen LogP contribution in [0.3, 0.4) is 0 Å². The number of carbonyl (C=O) groups excluding carboxylic acids is 1. The van der Waals surface area contributed by atoms with Crippen LogP contribution in [0.4, 0.5) is 4.39 Å². The molecule has 2 heterocycles. The molecule has 26 heavy (non-hydrogen) atoms. The van der Waals surface area contributed by atoms with E-state index in [1.54, 1.807) is 18.2 Å². The van der Waals surface area contributed by atoms with Crippen LogP contribution in [0.1, 0.15) is 37.9 Å². The van der Waals surface area contributed by atoms with E-state index in [0.717, 1.165) is 45.6 Å². The van der Waals surface area contributed by atoms with E-state index in [4.69, 9.17) is 0 Å². The number of halogens is 1. The average molecular weight is 363 g/mol. The topological polar surface area (TPSA) is 47.0 Å². The highest BCUT2D eigenvalue weighted by Gasteiger charge is 2.27. The number of amides is 1. The first-order valence-electron chi connectivity index (χ1n) is 9.71. The number of hydrogen-bond donors (Lipinski definition) is 1. The predicted octanol–water partition coefficient (Wildman–Crippen LogP) is 1.88. The molecule has 0 aromatic heterocycles. The van der Waals surface area contributed by atoms with Crippen molar-refractivity contribution in [3.63, 3.8) is 0 Å². The number of carbonyl (C=O) groups is 1. The Morgan fingerprint density at radius 1 is 1.15 bits per heavy atom. The van der Waals surface area contributed by atoms with Crippen LogP contribution in [-0.4, -0.2) is 77.6 Å². The van der Waals surface area contributed by atoms with E-state index in [1.807, 2.05) is 4.90 Å². The summed E-state index contributed by atoms with van der Waals surface area (Å²) in [7, 11) is 0. The van der Waals surface area contributed by atoms with E-state index >= 15 is 0 Å². The molecule has 2 aliphatic rings. The highest BCUT2D eigenvalue weighted by Crippen LogP contribution is 2.19. The minimum absolute atomic E-state index is 0.233. The Morgan fingerprint density at radius 3 is 2.54 bits per heavy atom. The molecule has 0 bridgehead atoms. The third-order valence-corrected chi connectivity index (χ3v) is 5.64. The Kier molecular flexibility index (Phi) is 6.62. The molecule has 0 spiro atoms. The lowest BCUT2D eigenvalue weighted by Crippen LogP contribution is -2.52. The van der Waals surface area contributed by atoms with Gasteiger partial charge in [0.25, 0.3) is 0 Å². The second-order valence-electron chi connectivity index (χ2n) is 7.55. The lowest BCUT2D eigenvalue weighted by atomic mass is 10.0. The van der Waals surface area contributed by atoms with Gasteiger partial charge in [0.2, 0.25) is 5.91 Å². The first-order chi connectivity index (χ1) is 12.5. The molecule has 0 saturated carbocycles. The minimum Gasteiger partial charge on any atom is -0.387 e. The fourth-order valence-corrected chi connectivity index (χ4v) is 3.97. The van der Waals surface area contributed by atoms with Gasteiger partial charge in [0, 0.05) is 50.9 Å². The summed E-state index contributed by atoms with van der Waals surface area (Å²) in [5.74, 6) is -0.128. The van der Waals surface area contributed by atoms with Gasteiger partial charge in [0.05, 0.1) is 12.6 Å². The number of aliphatic hydroxyl groups is 1. The molecule has 0 aliphatic carbocycles. The molecular weight excluding hydrogens is 333 g/mol. The average Bonchev–Trinajstić information content (AvgIpc) is 2.64. The Labute approximate surface area is 155 Å². The normalized spacial score (nSPS) is 23.8. The van der Waals surface area contributed by atoms with Gasteiger partial charge in [-0.15, -0.1) is 0 Å². The van der Waals surface area contributed by atoms with Gasteiger partial charge in [0.1, 0.15) is 5.82 Å². The van der Waals surface area contributed by atoms with Crippen LogP contribution in [0.15, 0.2) is 24.3 Å². The van der Waals surface area contributed by atoms with Crippen LogP contribution in [-0.2, 0) is 4.79 Å². The molecule has 144 valence electrons. The first kappa shape index (κ1) is 19.3. The molecule has 0 unspecified atom stereocenters. The third-order valence-electron chi connectivity index (χ3n) is 5.64. The first-order valence-corrected chi connectivity index (χ1v) is 9.71. The van der Waals surface area contributed by atoms with Crippen molar-refractivity contribution in [3.05, 3.63) is 35.6 Å². The maximum absolute atomic E-state index is 13.8. The largest absolute Gasteiger partial charge is 0.387 e. The maximum Gasteiger partial charge on any atom is 0.236 e. The second-order valence-corrected chi connectivity index (χ2v) is 7.55. The molecule has 2 atom stereocenters. The van der Waals surface area contributed by atoms with E-state index in [0.29, 0.717) is 24.7 Å². The number of rotatable bonds is 5. The van der Waals surface area contributed by atoms with Crippen molar-refractivity contribution in [2.75, 3.05) is 45.8 Å². The van der Waals surface area contributed by atoms with Gasteiger partial charge in [-0.05, 0) is 32.3 Å². The van der Waals surface area contributed by atoms with E-state index in [1.165, 1.54) is 12.5 Å². The summed E-state index contributed by atoms with van der Waals surface area (Å²) in [6.07, 6.45) is 2.61. The highest BCUT2D eigenvalue weighted by atomic mass is 19.1. The molecule has 2 fully saturated rings. The zero-order chi connectivity index (χ0) is 18.5. The standard InChI is InChI=1S/C20H30FN3O2/c1-16-6-4-5-9-24(16)20(26)15-23-12-10-22(11-13-23)14-19(25)17-7-2-3-8-18(17)21/h2-3,7-8,16,19,25H,4-6,9-15H2,1H3/t16-,19-/m0/s1. The van der Waals surface area contributed by atoms with Gasteiger partial charge < -0.3 is 10.0 Å². The van der Waals surface area contributed by atoms with E-state index in [9.17, 15) is 14.3 Å². The number of β-amino-alcohol motifs (C(OH)–C–C–N with tert-alkyl or cyclic N) is 1. The smallest absolute Gasteiger partial charge is 0.236 e. The number of hydrogen-bond acceptors (Lipinski definition) is 4. The summed E-state index contributed by atoms with van der Waals surface area (Å²) < 4.78 is 13.8. The van der Waals surface area contributed by atoms with Gasteiger partial charge in [0.15, 0.2) is 0 Å². The van der Waals surface area contributed by atoms with Crippen LogP contribution in [0.2, 0.25) is 0 Å². The molecule has 2 aliphatic heterocycles. The number of aliphatic hydroxyl groups excluding tert-OH is 1. The summed E-state index contributed by atoms with van der Waals surface area (Å²) in [4.78, 5) is 18.9. The summed E-state index contributed by atoms with van der Waals surface area (Å²) in [6.45, 7) is 7.10. The molecule has 1 aromatic rings. The molecule has 1 aromatic carbocycles. The van der Waals surface area contributed by atoms with Crippen LogP contribution in [0.25, 0.3) is 0 Å². The Bertz CT molecular complexity index is 604. The van der Waals surface area contributed by atoms with Crippen molar-refractivity contribution in [2.45, 2.75) is 38.3 Å². The molecule has 0 radical (unpaired) electrons. The molecule has 3 rings (SSSR count). The summed E-state index contributed by atoms with van der Waals surface area (Å²) in [5, 5.41) is 10.3. The fourth-order valence-electron chi connectivity index (χ4n) is 3.97. The lowest BCUT2D eigenvalue weighted by Gasteiger charge is -2.38. The molecule has 6 heteroatoms. The van der Waals surface area contributed by atoms with Crippen molar-refractivity contribution in [3.8, 4) is 0 Å². The van der Waals surface area contributed by atoms with Crippen LogP contribution in [0.5, 0.6) is 0 Å². The lowest BCUT2D eigenvalue weighted by molar-refractivity contribution is -0.136. The maximum atomic E-state index is 13.8. The number of benzene rings is 1. The van der Waals surface area contributed by atoms with Crippen molar-refractivity contribution >= 4 is 5.91 Å². The number of nitrogens with zero attached hydrogens (tertiary/aromatic N) is 3. The highest BCUT2D eigenvalue weighted by molar-refractivity contribution is 5.78. The zero-order valence-corrected chi connectivity index (χ0v) is 15.6. The van der Waals surface area contributed by atoms with Crippen LogP contribution >= 0.6 is 0 Å². The van der Waals surface area contributed by atoms with Crippen molar-refractivity contribution in [1.82, 2.24) is 14.7 Å². The molecule has 5 nitrogen and oxygen atoms in total. The SMILES string of the molecule is C[C@H]1CCCCN1C(=O)CN1CCN(C[C@H](O)c2ccccc2F)CC1. The van der Waals surface area contributed by atoms with Gasteiger partial charge in [-0.1, -0.05) is 18.2 Å². The van der Waals surface area contributed by atoms with Crippen molar-refractivity contribution < 1.29 is 14.3 Å². The number of likely N-dealkylation sites (tertiary alicyclic amines) is 1. The van der Waals surface area contributed by atoms with Gasteiger partial charge >= 0.3 is 0 Å². The van der Waals surface area contributed by atoms with Crippen LogP contribution in [0, 0.1) is 5.82 Å². The van der Waals surface area contributed by atoms with Gasteiger partial charge in [-0.3, -0.25) is 14.6 Å². The Hall–Kier alpha value is -1.50.